The third-order valence-corrected chi connectivity index (χ3v) is 3.92. The van der Waals surface area contributed by atoms with E-state index in [-0.39, 0.29) is 23.6 Å². The molecule has 1 fully saturated rings. The van der Waals surface area contributed by atoms with Crippen LogP contribution in [0.2, 0.25) is 5.02 Å². The molecule has 0 bridgehead atoms. The van der Waals surface area contributed by atoms with Gasteiger partial charge in [0, 0.05) is 0 Å². The van der Waals surface area contributed by atoms with Crippen LogP contribution >= 0.6 is 11.6 Å². The number of carbonyl (C=O) groups excluding carboxylic acids is 1. The summed E-state index contributed by atoms with van der Waals surface area (Å²) >= 11 is 5.75. The number of carboxylic acids is 1. The first-order valence-corrected chi connectivity index (χ1v) is 6.46. The smallest absolute Gasteiger partial charge is 0.416 e. The van der Waals surface area contributed by atoms with Gasteiger partial charge in [-0.15, -0.1) is 0 Å². The number of benzene rings is 1. The molecule has 8 heteroatoms. The van der Waals surface area contributed by atoms with E-state index in [1.165, 1.54) is 0 Å². The van der Waals surface area contributed by atoms with Crippen LogP contribution in [-0.4, -0.2) is 17.0 Å². The summed E-state index contributed by atoms with van der Waals surface area (Å²) in [7, 11) is 0. The van der Waals surface area contributed by atoms with Crippen molar-refractivity contribution in [3.05, 3.63) is 28.8 Å². The zero-order valence-electron chi connectivity index (χ0n) is 10.6. The molecule has 0 atom stereocenters. The molecular weight excluding hydrogens is 311 g/mol. The van der Waals surface area contributed by atoms with E-state index < -0.39 is 29.0 Å². The largest absolute Gasteiger partial charge is 0.480 e. The summed E-state index contributed by atoms with van der Waals surface area (Å²) in [5.74, 6) is -2.13. The fourth-order valence-corrected chi connectivity index (χ4v) is 2.27. The Labute approximate surface area is 122 Å². The number of alkyl halides is 3. The van der Waals surface area contributed by atoms with Gasteiger partial charge in [-0.25, -0.2) is 0 Å². The predicted molar refractivity (Wildman–Crippen MR) is 69.0 cm³/mol. The molecular formula is C13H11ClF3NO3. The van der Waals surface area contributed by atoms with Crippen LogP contribution in [0.25, 0.3) is 0 Å². The molecule has 0 aromatic heterocycles. The van der Waals surface area contributed by atoms with Crippen LogP contribution in [0.1, 0.15) is 24.8 Å². The zero-order chi connectivity index (χ0) is 15.8. The van der Waals surface area contributed by atoms with Gasteiger partial charge in [-0.1, -0.05) is 18.0 Å². The Balaban J connectivity index is 2.27. The van der Waals surface area contributed by atoms with Crippen molar-refractivity contribution < 1.29 is 27.9 Å². The first-order valence-electron chi connectivity index (χ1n) is 6.08. The predicted octanol–water partition coefficient (Wildman–Crippen LogP) is 3.55. The molecule has 0 radical (unpaired) electrons. The first kappa shape index (κ1) is 15.6. The van der Waals surface area contributed by atoms with Crippen LogP contribution in [0.3, 0.4) is 0 Å². The SMILES string of the molecule is O=C(O)C1(C(=O)Nc2cc(C(F)(F)F)ccc2Cl)CCC1. The Morgan fingerprint density at radius 1 is 1.29 bits per heavy atom. The molecule has 0 aliphatic heterocycles. The lowest BCUT2D eigenvalue weighted by molar-refractivity contribution is -0.159. The lowest BCUT2D eigenvalue weighted by Gasteiger charge is -2.35. The minimum Gasteiger partial charge on any atom is -0.480 e. The highest BCUT2D eigenvalue weighted by Crippen LogP contribution is 2.43. The molecule has 0 saturated heterocycles. The van der Waals surface area contributed by atoms with Gasteiger partial charge >= 0.3 is 12.1 Å². The molecule has 1 amide bonds. The van der Waals surface area contributed by atoms with Crippen LogP contribution in [0.4, 0.5) is 18.9 Å². The van der Waals surface area contributed by atoms with E-state index in [9.17, 15) is 22.8 Å². The van der Waals surface area contributed by atoms with E-state index in [2.05, 4.69) is 5.32 Å². The number of rotatable bonds is 3. The minimum absolute atomic E-state index is 0.0868. The summed E-state index contributed by atoms with van der Waals surface area (Å²) < 4.78 is 37.9. The number of amides is 1. The van der Waals surface area contributed by atoms with Crippen molar-refractivity contribution in [3.63, 3.8) is 0 Å². The number of carbonyl (C=O) groups is 2. The maximum atomic E-state index is 12.6. The van der Waals surface area contributed by atoms with Gasteiger partial charge in [-0.05, 0) is 31.0 Å². The quantitative estimate of drug-likeness (QED) is 0.837. The minimum atomic E-state index is -4.58. The van der Waals surface area contributed by atoms with Crippen molar-refractivity contribution in [2.24, 2.45) is 5.41 Å². The molecule has 0 unspecified atom stereocenters. The zero-order valence-corrected chi connectivity index (χ0v) is 11.4. The number of hydrogen-bond acceptors (Lipinski definition) is 2. The number of hydrogen-bond donors (Lipinski definition) is 2. The summed E-state index contributed by atoms with van der Waals surface area (Å²) in [6.07, 6.45) is -3.68. The number of halogens is 4. The summed E-state index contributed by atoms with van der Waals surface area (Å²) in [5.41, 5.74) is -2.79. The van der Waals surface area contributed by atoms with Crippen LogP contribution in [-0.2, 0) is 15.8 Å². The first-order chi connectivity index (χ1) is 9.67. The van der Waals surface area contributed by atoms with Gasteiger partial charge in [0.1, 0.15) is 5.41 Å². The van der Waals surface area contributed by atoms with E-state index >= 15 is 0 Å². The van der Waals surface area contributed by atoms with Gasteiger partial charge in [-0.3, -0.25) is 9.59 Å². The van der Waals surface area contributed by atoms with Crippen molar-refractivity contribution in [1.82, 2.24) is 0 Å². The van der Waals surface area contributed by atoms with Gasteiger partial charge in [-0.2, -0.15) is 13.2 Å². The van der Waals surface area contributed by atoms with Crippen molar-refractivity contribution in [2.45, 2.75) is 25.4 Å². The second-order valence-electron chi connectivity index (χ2n) is 4.89. The second-order valence-corrected chi connectivity index (χ2v) is 5.29. The molecule has 114 valence electrons. The molecule has 1 aliphatic rings. The fraction of sp³-hybridized carbons (Fsp3) is 0.385. The maximum absolute atomic E-state index is 12.6. The van der Waals surface area contributed by atoms with Gasteiger partial charge < -0.3 is 10.4 Å². The Hall–Kier alpha value is -1.76. The molecule has 1 aromatic carbocycles. The van der Waals surface area contributed by atoms with Crippen LogP contribution in [0.5, 0.6) is 0 Å². The lowest BCUT2D eigenvalue weighted by Crippen LogP contribution is -2.48. The van der Waals surface area contributed by atoms with Crippen molar-refractivity contribution >= 4 is 29.2 Å². The van der Waals surface area contributed by atoms with Crippen molar-refractivity contribution in [3.8, 4) is 0 Å². The molecule has 2 N–H and O–H groups in total. The summed E-state index contributed by atoms with van der Waals surface area (Å²) in [5, 5.41) is 11.2. The van der Waals surface area contributed by atoms with Crippen LogP contribution in [0, 0.1) is 5.41 Å². The molecule has 4 nitrogen and oxygen atoms in total. The van der Waals surface area contributed by atoms with Crippen molar-refractivity contribution in [2.75, 3.05) is 5.32 Å². The van der Waals surface area contributed by atoms with E-state index in [0.717, 1.165) is 12.1 Å². The van der Waals surface area contributed by atoms with E-state index in [4.69, 9.17) is 16.7 Å². The van der Waals surface area contributed by atoms with Gasteiger partial charge in [0.05, 0.1) is 16.3 Å². The van der Waals surface area contributed by atoms with E-state index in [1.807, 2.05) is 0 Å². The highest BCUT2D eigenvalue weighted by molar-refractivity contribution is 6.34. The van der Waals surface area contributed by atoms with E-state index in [0.29, 0.717) is 12.5 Å². The fourth-order valence-electron chi connectivity index (χ4n) is 2.11. The van der Waals surface area contributed by atoms with Crippen LogP contribution < -0.4 is 5.32 Å². The molecule has 1 aromatic rings. The van der Waals surface area contributed by atoms with Crippen LogP contribution in [0.15, 0.2) is 18.2 Å². The molecule has 1 saturated carbocycles. The Bertz CT molecular complexity index is 597. The standard InChI is InChI=1S/C13H11ClF3NO3/c14-8-3-2-7(13(15,16)17)6-9(8)18-10(19)12(11(20)21)4-1-5-12/h2-3,6H,1,4-5H2,(H,18,19)(H,20,21). The topological polar surface area (TPSA) is 66.4 Å². The number of nitrogens with one attached hydrogen (secondary N) is 1. The number of carboxylic acid groups (broad SMARTS) is 1. The Kier molecular flexibility index (Phi) is 3.88. The summed E-state index contributed by atoms with van der Waals surface area (Å²) in [6, 6.07) is 2.48. The Morgan fingerprint density at radius 2 is 1.90 bits per heavy atom. The van der Waals surface area contributed by atoms with Gasteiger partial charge in [0.2, 0.25) is 5.91 Å². The lowest BCUT2D eigenvalue weighted by atomic mass is 9.68. The molecule has 2 rings (SSSR count). The number of aliphatic carboxylic acids is 1. The molecule has 0 heterocycles. The number of anilines is 1. The monoisotopic (exact) mass is 321 g/mol. The maximum Gasteiger partial charge on any atom is 0.416 e. The van der Waals surface area contributed by atoms with Gasteiger partial charge in [0.25, 0.3) is 0 Å². The molecule has 0 spiro atoms. The average Bonchev–Trinajstić information content (AvgIpc) is 2.28. The summed E-state index contributed by atoms with van der Waals surface area (Å²) in [6.45, 7) is 0. The third kappa shape index (κ3) is 2.83. The average molecular weight is 322 g/mol. The summed E-state index contributed by atoms with van der Waals surface area (Å²) in [4.78, 5) is 23.2. The third-order valence-electron chi connectivity index (χ3n) is 3.59. The normalized spacial score (nSPS) is 17.0. The van der Waals surface area contributed by atoms with Crippen molar-refractivity contribution in [1.29, 1.82) is 0 Å². The van der Waals surface area contributed by atoms with Gasteiger partial charge in [0.15, 0.2) is 0 Å². The van der Waals surface area contributed by atoms with E-state index in [1.54, 1.807) is 0 Å². The Morgan fingerprint density at radius 3 is 2.33 bits per heavy atom. The second kappa shape index (κ2) is 5.22. The highest BCUT2D eigenvalue weighted by atomic mass is 35.5. The molecule has 1 aliphatic carbocycles. The highest BCUT2D eigenvalue weighted by Gasteiger charge is 2.51. The molecule has 21 heavy (non-hydrogen) atoms.